The van der Waals surface area contributed by atoms with Crippen molar-refractivity contribution in [2.24, 2.45) is 5.73 Å². The maximum atomic E-state index is 5.78. The maximum absolute atomic E-state index is 5.78. The third-order valence-corrected chi connectivity index (χ3v) is 3.06. The molecular formula is C14H24N2O. The van der Waals surface area contributed by atoms with Crippen molar-refractivity contribution >= 4 is 0 Å². The van der Waals surface area contributed by atoms with Gasteiger partial charge in [0.1, 0.15) is 5.75 Å². The van der Waals surface area contributed by atoms with Crippen LogP contribution in [-0.2, 0) is 5.41 Å². The minimum Gasteiger partial charge on any atom is -0.496 e. The number of hydrogen-bond acceptors (Lipinski definition) is 3. The second-order valence-electron chi connectivity index (χ2n) is 5.28. The number of nitrogens with two attached hydrogens (primary N) is 1. The van der Waals surface area contributed by atoms with Crippen molar-refractivity contribution in [1.82, 2.24) is 5.32 Å². The lowest BCUT2D eigenvalue weighted by atomic mass is 9.85. The molecule has 0 amide bonds. The molecule has 0 radical (unpaired) electrons. The fraction of sp³-hybridized carbons (Fsp3) is 0.571. The molecule has 0 aliphatic rings. The molecule has 0 aliphatic heterocycles. The van der Waals surface area contributed by atoms with Gasteiger partial charge in [-0.05, 0) is 30.2 Å². The van der Waals surface area contributed by atoms with E-state index in [-0.39, 0.29) is 11.5 Å². The van der Waals surface area contributed by atoms with Gasteiger partial charge in [0.05, 0.1) is 7.11 Å². The van der Waals surface area contributed by atoms with Crippen molar-refractivity contribution in [1.29, 1.82) is 0 Å². The predicted octanol–water partition coefficient (Wildman–Crippen LogP) is 2.21. The van der Waals surface area contributed by atoms with Crippen molar-refractivity contribution in [2.75, 3.05) is 20.7 Å². The topological polar surface area (TPSA) is 47.3 Å². The minimum atomic E-state index is 0.132. The van der Waals surface area contributed by atoms with Gasteiger partial charge < -0.3 is 15.8 Å². The Kier molecular flexibility index (Phi) is 4.54. The average Bonchev–Trinajstić information content (AvgIpc) is 2.29. The van der Waals surface area contributed by atoms with Gasteiger partial charge in [-0.25, -0.2) is 0 Å². The first-order valence-electron chi connectivity index (χ1n) is 5.99. The SMILES string of the molecule is CNC(CN)c1cc(C(C)(C)C)ccc1OC. The van der Waals surface area contributed by atoms with Crippen molar-refractivity contribution in [2.45, 2.75) is 32.2 Å². The van der Waals surface area contributed by atoms with Crippen LogP contribution in [0, 0.1) is 0 Å². The van der Waals surface area contributed by atoms with Crippen molar-refractivity contribution in [3.05, 3.63) is 29.3 Å². The Morgan fingerprint density at radius 3 is 2.41 bits per heavy atom. The Balaban J connectivity index is 3.24. The smallest absolute Gasteiger partial charge is 0.123 e. The zero-order chi connectivity index (χ0) is 13.1. The van der Waals surface area contributed by atoms with Gasteiger partial charge in [-0.15, -0.1) is 0 Å². The summed E-state index contributed by atoms with van der Waals surface area (Å²) in [7, 11) is 3.61. The Hall–Kier alpha value is -1.06. The van der Waals surface area contributed by atoms with Gasteiger partial charge in [0.15, 0.2) is 0 Å². The monoisotopic (exact) mass is 236 g/mol. The molecule has 0 bridgehead atoms. The van der Waals surface area contributed by atoms with Gasteiger partial charge in [-0.3, -0.25) is 0 Å². The largest absolute Gasteiger partial charge is 0.496 e. The molecule has 3 nitrogen and oxygen atoms in total. The highest BCUT2D eigenvalue weighted by atomic mass is 16.5. The van der Waals surface area contributed by atoms with E-state index in [1.165, 1.54) is 5.56 Å². The summed E-state index contributed by atoms with van der Waals surface area (Å²) < 4.78 is 5.40. The van der Waals surface area contributed by atoms with Gasteiger partial charge in [0.25, 0.3) is 0 Å². The Labute approximate surface area is 104 Å². The average molecular weight is 236 g/mol. The number of benzene rings is 1. The van der Waals surface area contributed by atoms with Gasteiger partial charge in [0, 0.05) is 18.2 Å². The van der Waals surface area contributed by atoms with Crippen molar-refractivity contribution in [3.8, 4) is 5.75 Å². The van der Waals surface area contributed by atoms with Gasteiger partial charge >= 0.3 is 0 Å². The third-order valence-electron chi connectivity index (χ3n) is 3.06. The van der Waals surface area contributed by atoms with Crippen LogP contribution < -0.4 is 15.8 Å². The number of hydrogen-bond donors (Lipinski definition) is 2. The molecule has 0 aromatic heterocycles. The highest BCUT2D eigenvalue weighted by Crippen LogP contribution is 2.31. The van der Waals surface area contributed by atoms with E-state index >= 15 is 0 Å². The molecule has 0 aliphatic carbocycles. The van der Waals surface area contributed by atoms with E-state index in [0.29, 0.717) is 6.54 Å². The zero-order valence-corrected chi connectivity index (χ0v) is 11.5. The molecule has 96 valence electrons. The standard InChI is InChI=1S/C14H24N2O/c1-14(2,3)10-6-7-13(17-5)11(8-10)12(9-15)16-4/h6-8,12,16H,9,15H2,1-5H3. The number of nitrogens with one attached hydrogen (secondary N) is 1. The fourth-order valence-electron chi connectivity index (χ4n) is 1.87. The second kappa shape index (κ2) is 5.52. The third kappa shape index (κ3) is 3.20. The van der Waals surface area contributed by atoms with Crippen LogP contribution in [0.15, 0.2) is 18.2 Å². The Morgan fingerprint density at radius 1 is 1.35 bits per heavy atom. The van der Waals surface area contributed by atoms with E-state index in [2.05, 4.69) is 38.2 Å². The van der Waals surface area contributed by atoms with E-state index < -0.39 is 0 Å². The molecule has 1 aromatic carbocycles. The lowest BCUT2D eigenvalue weighted by molar-refractivity contribution is 0.401. The predicted molar refractivity (Wildman–Crippen MR) is 72.5 cm³/mol. The summed E-state index contributed by atoms with van der Waals surface area (Å²) in [5.41, 5.74) is 8.34. The summed E-state index contributed by atoms with van der Waals surface area (Å²) in [5, 5.41) is 3.22. The maximum Gasteiger partial charge on any atom is 0.123 e. The van der Waals surface area contributed by atoms with Gasteiger partial charge in [-0.2, -0.15) is 0 Å². The minimum absolute atomic E-state index is 0.132. The first-order chi connectivity index (χ1) is 7.93. The Morgan fingerprint density at radius 2 is 2.00 bits per heavy atom. The number of rotatable bonds is 4. The molecular weight excluding hydrogens is 212 g/mol. The second-order valence-corrected chi connectivity index (χ2v) is 5.28. The molecule has 3 N–H and O–H groups in total. The zero-order valence-electron chi connectivity index (χ0n) is 11.5. The lowest BCUT2D eigenvalue weighted by Gasteiger charge is -2.24. The Bertz CT molecular complexity index is 365. The molecule has 0 heterocycles. The molecule has 1 rings (SSSR count). The molecule has 0 spiro atoms. The summed E-state index contributed by atoms with van der Waals surface area (Å²) in [6.45, 7) is 7.17. The summed E-state index contributed by atoms with van der Waals surface area (Å²) in [6, 6.07) is 6.46. The van der Waals surface area contributed by atoms with Crippen LogP contribution in [0.3, 0.4) is 0 Å². The first-order valence-corrected chi connectivity index (χ1v) is 5.99. The lowest BCUT2D eigenvalue weighted by Crippen LogP contribution is -2.26. The van der Waals surface area contributed by atoms with Crippen LogP contribution >= 0.6 is 0 Å². The van der Waals surface area contributed by atoms with E-state index in [4.69, 9.17) is 10.5 Å². The molecule has 3 heteroatoms. The molecule has 0 fully saturated rings. The molecule has 17 heavy (non-hydrogen) atoms. The molecule has 1 atom stereocenters. The number of ether oxygens (including phenoxy) is 1. The molecule has 0 saturated carbocycles. The molecule has 1 unspecified atom stereocenters. The number of methoxy groups -OCH3 is 1. The van der Waals surface area contributed by atoms with Crippen LogP contribution in [0.1, 0.15) is 37.9 Å². The van der Waals surface area contributed by atoms with E-state index in [0.717, 1.165) is 11.3 Å². The quantitative estimate of drug-likeness (QED) is 0.842. The number of likely N-dealkylation sites (N-methyl/N-ethyl adjacent to an activating group) is 1. The summed E-state index contributed by atoms with van der Waals surface area (Å²) in [6.07, 6.45) is 0. The summed E-state index contributed by atoms with van der Waals surface area (Å²) in [5.74, 6) is 0.891. The first kappa shape index (κ1) is 14.0. The fourth-order valence-corrected chi connectivity index (χ4v) is 1.87. The van der Waals surface area contributed by atoms with Gasteiger partial charge in [0.2, 0.25) is 0 Å². The van der Waals surface area contributed by atoms with Crippen LogP contribution in [0.4, 0.5) is 0 Å². The molecule has 0 saturated heterocycles. The molecule has 1 aromatic rings. The summed E-state index contributed by atoms with van der Waals surface area (Å²) >= 11 is 0. The highest BCUT2D eigenvalue weighted by Gasteiger charge is 2.19. The van der Waals surface area contributed by atoms with E-state index in [1.54, 1.807) is 7.11 Å². The van der Waals surface area contributed by atoms with Crippen molar-refractivity contribution < 1.29 is 4.74 Å². The van der Waals surface area contributed by atoms with Crippen LogP contribution in [0.2, 0.25) is 0 Å². The van der Waals surface area contributed by atoms with Crippen LogP contribution in [0.5, 0.6) is 5.75 Å². The van der Waals surface area contributed by atoms with Crippen LogP contribution in [0.25, 0.3) is 0 Å². The van der Waals surface area contributed by atoms with E-state index in [9.17, 15) is 0 Å². The van der Waals surface area contributed by atoms with E-state index in [1.807, 2.05) is 13.1 Å². The normalized spacial score (nSPS) is 13.5. The summed E-state index contributed by atoms with van der Waals surface area (Å²) in [4.78, 5) is 0. The van der Waals surface area contributed by atoms with Crippen molar-refractivity contribution in [3.63, 3.8) is 0 Å². The van der Waals surface area contributed by atoms with Gasteiger partial charge in [-0.1, -0.05) is 26.8 Å². The highest BCUT2D eigenvalue weighted by molar-refractivity contribution is 5.41. The van der Waals surface area contributed by atoms with Crippen LogP contribution in [-0.4, -0.2) is 20.7 Å².